The van der Waals surface area contributed by atoms with E-state index in [0.717, 1.165) is 32.6 Å². The Labute approximate surface area is 140 Å². The maximum Gasteiger partial charge on any atom is 0.244 e. The van der Waals surface area contributed by atoms with E-state index in [4.69, 9.17) is 0 Å². The molecule has 0 N–H and O–H groups in total. The van der Waals surface area contributed by atoms with Crippen molar-refractivity contribution in [1.29, 1.82) is 0 Å². The summed E-state index contributed by atoms with van der Waals surface area (Å²) in [5.41, 5.74) is 0. The highest BCUT2D eigenvalue weighted by atomic mass is 32.2. The van der Waals surface area contributed by atoms with Crippen LogP contribution in [-0.4, -0.2) is 80.7 Å². The van der Waals surface area contributed by atoms with E-state index in [-0.39, 0.29) is 5.91 Å². The molecule has 0 atom stereocenters. The summed E-state index contributed by atoms with van der Waals surface area (Å²) in [5, 5.41) is 4.13. The second-order valence-corrected chi connectivity index (χ2v) is 8.08. The lowest BCUT2D eigenvalue weighted by Crippen LogP contribution is -2.42. The molecule has 2 saturated heterocycles. The zero-order chi connectivity index (χ0) is 15.2. The molecule has 0 saturated carbocycles. The molecule has 0 bridgehead atoms. The quantitative estimate of drug-likeness (QED) is 0.829. The number of rotatable bonds is 3. The van der Waals surface area contributed by atoms with Crippen LogP contribution >= 0.6 is 23.5 Å². The number of thioether (sulfide) groups is 2. The van der Waals surface area contributed by atoms with E-state index in [0.29, 0.717) is 12.6 Å². The third kappa shape index (κ3) is 4.43. The summed E-state index contributed by atoms with van der Waals surface area (Å²) in [4.78, 5) is 17.0. The van der Waals surface area contributed by atoms with Gasteiger partial charge >= 0.3 is 0 Å². The molecule has 1 amide bonds. The first kappa shape index (κ1) is 16.2. The van der Waals surface area contributed by atoms with Gasteiger partial charge in [0.15, 0.2) is 0 Å². The van der Waals surface area contributed by atoms with Crippen LogP contribution in [0.2, 0.25) is 0 Å². The fourth-order valence-corrected chi connectivity index (χ4v) is 5.63. The van der Waals surface area contributed by atoms with Crippen molar-refractivity contribution in [2.75, 3.05) is 49.2 Å². The summed E-state index contributed by atoms with van der Waals surface area (Å²) in [5.74, 6) is 5.24. The second-order valence-electron chi connectivity index (χ2n) is 5.78. The first-order chi connectivity index (χ1) is 10.8. The van der Waals surface area contributed by atoms with Crippen LogP contribution in [0, 0.1) is 0 Å². The highest BCUT2D eigenvalue weighted by Crippen LogP contribution is 2.21. The lowest BCUT2D eigenvalue weighted by molar-refractivity contribution is -0.131. The SMILES string of the molecule is O=C(Cn1cccn1)N1CCCN(C2CSCCSC2)CC1. The maximum absolute atomic E-state index is 12.4. The van der Waals surface area contributed by atoms with Crippen molar-refractivity contribution in [3.05, 3.63) is 18.5 Å². The Balaban J connectivity index is 1.51. The third-order valence-corrected chi connectivity index (χ3v) is 6.73. The highest BCUT2D eigenvalue weighted by Gasteiger charge is 2.25. The first-order valence-corrected chi connectivity index (χ1v) is 10.3. The van der Waals surface area contributed by atoms with Gasteiger partial charge in [0, 0.05) is 67.6 Å². The molecule has 22 heavy (non-hydrogen) atoms. The predicted octanol–water partition coefficient (Wildman–Crippen LogP) is 1.27. The lowest BCUT2D eigenvalue weighted by atomic mass is 10.3. The van der Waals surface area contributed by atoms with Gasteiger partial charge in [-0.15, -0.1) is 0 Å². The summed E-state index contributed by atoms with van der Waals surface area (Å²) in [6, 6.07) is 2.54. The van der Waals surface area contributed by atoms with Crippen molar-refractivity contribution >= 4 is 29.4 Å². The van der Waals surface area contributed by atoms with Crippen molar-refractivity contribution in [3.8, 4) is 0 Å². The monoisotopic (exact) mass is 340 g/mol. The molecule has 0 radical (unpaired) electrons. The number of hydrogen-bond acceptors (Lipinski definition) is 5. The molecule has 0 spiro atoms. The molecule has 1 aromatic heterocycles. The van der Waals surface area contributed by atoms with Crippen LogP contribution in [0.25, 0.3) is 0 Å². The maximum atomic E-state index is 12.4. The Morgan fingerprint density at radius 2 is 1.95 bits per heavy atom. The second kappa shape index (κ2) is 8.26. The molecular weight excluding hydrogens is 316 g/mol. The van der Waals surface area contributed by atoms with Gasteiger partial charge in [-0.3, -0.25) is 14.4 Å². The predicted molar refractivity (Wildman–Crippen MR) is 93.4 cm³/mol. The van der Waals surface area contributed by atoms with Crippen LogP contribution in [0.15, 0.2) is 18.5 Å². The van der Waals surface area contributed by atoms with Crippen molar-refractivity contribution < 1.29 is 4.79 Å². The van der Waals surface area contributed by atoms with Gasteiger partial charge in [-0.2, -0.15) is 28.6 Å². The largest absolute Gasteiger partial charge is 0.340 e. The fraction of sp³-hybridized carbons (Fsp3) is 0.733. The van der Waals surface area contributed by atoms with E-state index in [1.54, 1.807) is 10.9 Å². The highest BCUT2D eigenvalue weighted by molar-refractivity contribution is 8.03. The van der Waals surface area contributed by atoms with Crippen molar-refractivity contribution in [2.45, 2.75) is 19.0 Å². The number of carbonyl (C=O) groups excluding carboxylic acids is 1. The van der Waals surface area contributed by atoms with Crippen LogP contribution in [0.5, 0.6) is 0 Å². The molecule has 3 rings (SSSR count). The summed E-state index contributed by atoms with van der Waals surface area (Å²) in [7, 11) is 0. The number of hydrogen-bond donors (Lipinski definition) is 0. The molecule has 7 heteroatoms. The molecule has 2 aliphatic heterocycles. The number of nitrogens with zero attached hydrogens (tertiary/aromatic N) is 4. The Morgan fingerprint density at radius 1 is 1.14 bits per heavy atom. The first-order valence-electron chi connectivity index (χ1n) is 7.97. The lowest BCUT2D eigenvalue weighted by Gasteiger charge is -2.29. The van der Waals surface area contributed by atoms with Crippen LogP contribution < -0.4 is 0 Å². The average Bonchev–Trinajstić information content (AvgIpc) is 2.79. The van der Waals surface area contributed by atoms with E-state index < -0.39 is 0 Å². The molecule has 3 heterocycles. The molecule has 2 aliphatic rings. The van der Waals surface area contributed by atoms with Gasteiger partial charge in [0.1, 0.15) is 6.54 Å². The van der Waals surface area contributed by atoms with Crippen molar-refractivity contribution in [3.63, 3.8) is 0 Å². The standard InChI is InChI=1S/C15H24N4OS2/c20-15(11-19-6-1-3-16-19)18-5-2-4-17(7-8-18)14-12-21-9-10-22-13-14/h1,3,6,14H,2,4-5,7-13H2. The zero-order valence-electron chi connectivity index (χ0n) is 12.9. The van der Waals surface area contributed by atoms with E-state index in [1.165, 1.54) is 23.0 Å². The Morgan fingerprint density at radius 3 is 2.68 bits per heavy atom. The molecule has 0 unspecified atom stereocenters. The number of amides is 1. The van der Waals surface area contributed by atoms with Gasteiger partial charge in [0.25, 0.3) is 0 Å². The van der Waals surface area contributed by atoms with E-state index in [2.05, 4.69) is 33.5 Å². The Hall–Kier alpha value is -0.660. The Bertz CT molecular complexity index is 460. The molecule has 0 aromatic carbocycles. The minimum absolute atomic E-state index is 0.190. The van der Waals surface area contributed by atoms with Gasteiger partial charge in [-0.05, 0) is 12.5 Å². The van der Waals surface area contributed by atoms with E-state index in [1.807, 2.05) is 17.2 Å². The van der Waals surface area contributed by atoms with Crippen LogP contribution in [0.4, 0.5) is 0 Å². The zero-order valence-corrected chi connectivity index (χ0v) is 14.5. The molecular formula is C15H24N4OS2. The van der Waals surface area contributed by atoms with Gasteiger partial charge in [0.05, 0.1) is 0 Å². The molecule has 2 fully saturated rings. The van der Waals surface area contributed by atoms with Crippen LogP contribution in [-0.2, 0) is 11.3 Å². The van der Waals surface area contributed by atoms with Gasteiger partial charge in [-0.1, -0.05) is 0 Å². The smallest absolute Gasteiger partial charge is 0.244 e. The van der Waals surface area contributed by atoms with Gasteiger partial charge in [-0.25, -0.2) is 0 Å². The molecule has 1 aromatic rings. The normalized spacial score (nSPS) is 22.3. The molecule has 122 valence electrons. The number of carbonyl (C=O) groups is 1. The minimum atomic E-state index is 0.190. The van der Waals surface area contributed by atoms with E-state index in [9.17, 15) is 4.79 Å². The minimum Gasteiger partial charge on any atom is -0.340 e. The summed E-state index contributed by atoms with van der Waals surface area (Å²) >= 11 is 4.16. The average molecular weight is 341 g/mol. The summed E-state index contributed by atoms with van der Waals surface area (Å²) in [6.45, 7) is 4.23. The summed E-state index contributed by atoms with van der Waals surface area (Å²) < 4.78 is 1.71. The third-order valence-electron chi connectivity index (χ3n) is 4.25. The van der Waals surface area contributed by atoms with Crippen LogP contribution in [0.1, 0.15) is 6.42 Å². The van der Waals surface area contributed by atoms with Crippen LogP contribution in [0.3, 0.4) is 0 Å². The summed E-state index contributed by atoms with van der Waals surface area (Å²) in [6.07, 6.45) is 4.65. The van der Waals surface area contributed by atoms with Gasteiger partial charge in [0.2, 0.25) is 5.91 Å². The Kier molecular flexibility index (Phi) is 6.09. The molecule has 5 nitrogen and oxygen atoms in total. The topological polar surface area (TPSA) is 41.4 Å². The fourth-order valence-electron chi connectivity index (χ4n) is 3.00. The molecule has 0 aliphatic carbocycles. The van der Waals surface area contributed by atoms with Gasteiger partial charge < -0.3 is 4.90 Å². The van der Waals surface area contributed by atoms with Crippen molar-refractivity contribution in [2.24, 2.45) is 0 Å². The van der Waals surface area contributed by atoms with Crippen molar-refractivity contribution in [1.82, 2.24) is 19.6 Å². The van der Waals surface area contributed by atoms with E-state index >= 15 is 0 Å². The number of aromatic nitrogens is 2.